The minimum atomic E-state index is 0.0994. The highest BCUT2D eigenvalue weighted by atomic mass is 16.3. The van der Waals surface area contributed by atoms with Gasteiger partial charge in [0.1, 0.15) is 0 Å². The molecule has 1 aliphatic rings. The third kappa shape index (κ3) is 3.04. The number of pyridine rings is 1. The van der Waals surface area contributed by atoms with Gasteiger partial charge in [0.05, 0.1) is 22.9 Å². The Kier molecular flexibility index (Phi) is 4.36. The van der Waals surface area contributed by atoms with Crippen LogP contribution in [0.25, 0.3) is 22.2 Å². The van der Waals surface area contributed by atoms with E-state index in [0.29, 0.717) is 11.1 Å². The average Bonchev–Trinajstić information content (AvgIpc) is 2.99. The van der Waals surface area contributed by atoms with E-state index in [-0.39, 0.29) is 5.88 Å². The molecule has 0 saturated carbocycles. The molecule has 1 saturated heterocycles. The number of hydrogen-bond donors (Lipinski definition) is 2. The number of nitrogens with one attached hydrogen (secondary N) is 1. The van der Waals surface area contributed by atoms with Crippen LogP contribution in [0.4, 0.5) is 0 Å². The SMILES string of the molecule is CC1CCN(Cc2cccnc2-c2c(O)[nH]c3ccc(C#N)cc23)CC1. The Hall–Kier alpha value is -2.84. The van der Waals surface area contributed by atoms with Crippen LogP contribution in [0.5, 0.6) is 5.88 Å². The molecule has 0 bridgehead atoms. The summed E-state index contributed by atoms with van der Waals surface area (Å²) >= 11 is 0. The highest BCUT2D eigenvalue weighted by Crippen LogP contribution is 2.38. The van der Waals surface area contributed by atoms with Crippen molar-refractivity contribution >= 4 is 10.9 Å². The van der Waals surface area contributed by atoms with E-state index in [1.54, 1.807) is 12.3 Å². The molecule has 1 aromatic carbocycles. The predicted octanol–water partition coefficient (Wildman–Crippen LogP) is 4.04. The van der Waals surface area contributed by atoms with Crippen LogP contribution in [0.2, 0.25) is 0 Å². The standard InChI is InChI=1S/C21H22N4O/c1-14-6-9-25(10-7-14)13-16-3-2-8-23-20(16)19-17-11-15(12-22)4-5-18(17)24-21(19)26/h2-5,8,11,14,24,26H,6-7,9-10,13H2,1H3. The molecule has 0 spiro atoms. The molecule has 132 valence electrons. The minimum Gasteiger partial charge on any atom is -0.494 e. The van der Waals surface area contributed by atoms with Crippen molar-refractivity contribution in [1.29, 1.82) is 5.26 Å². The summed E-state index contributed by atoms with van der Waals surface area (Å²) in [6, 6.07) is 11.6. The van der Waals surface area contributed by atoms with Crippen LogP contribution in [0, 0.1) is 17.2 Å². The molecule has 5 heteroatoms. The topological polar surface area (TPSA) is 75.9 Å². The molecule has 0 aliphatic carbocycles. The molecule has 0 atom stereocenters. The fourth-order valence-electron chi connectivity index (χ4n) is 3.74. The molecule has 26 heavy (non-hydrogen) atoms. The predicted molar refractivity (Wildman–Crippen MR) is 102 cm³/mol. The molecule has 1 fully saturated rings. The molecule has 3 heterocycles. The van der Waals surface area contributed by atoms with E-state index in [1.807, 2.05) is 18.2 Å². The van der Waals surface area contributed by atoms with Crippen LogP contribution in [-0.4, -0.2) is 33.1 Å². The van der Waals surface area contributed by atoms with E-state index < -0.39 is 0 Å². The largest absolute Gasteiger partial charge is 0.494 e. The number of piperidine rings is 1. The van der Waals surface area contributed by atoms with Gasteiger partial charge >= 0.3 is 0 Å². The van der Waals surface area contributed by atoms with Gasteiger partial charge in [-0.15, -0.1) is 0 Å². The normalized spacial score (nSPS) is 16.0. The molecule has 4 rings (SSSR count). The van der Waals surface area contributed by atoms with Gasteiger partial charge in [-0.2, -0.15) is 5.26 Å². The Morgan fingerprint density at radius 3 is 2.88 bits per heavy atom. The summed E-state index contributed by atoms with van der Waals surface area (Å²) < 4.78 is 0. The van der Waals surface area contributed by atoms with Crippen molar-refractivity contribution < 1.29 is 5.11 Å². The van der Waals surface area contributed by atoms with Crippen LogP contribution in [0.3, 0.4) is 0 Å². The maximum atomic E-state index is 10.5. The number of likely N-dealkylation sites (tertiary alicyclic amines) is 1. The molecule has 2 aromatic heterocycles. The molecule has 1 aliphatic heterocycles. The Labute approximate surface area is 152 Å². The zero-order chi connectivity index (χ0) is 18.1. The molecule has 0 amide bonds. The Balaban J connectivity index is 1.76. The van der Waals surface area contributed by atoms with Gasteiger partial charge in [0.25, 0.3) is 0 Å². The highest BCUT2D eigenvalue weighted by molar-refractivity contribution is 5.99. The lowest BCUT2D eigenvalue weighted by molar-refractivity contribution is 0.185. The average molecular weight is 346 g/mol. The maximum Gasteiger partial charge on any atom is 0.199 e. The first kappa shape index (κ1) is 16.6. The number of rotatable bonds is 3. The molecule has 3 aromatic rings. The van der Waals surface area contributed by atoms with E-state index in [9.17, 15) is 10.4 Å². The first-order valence-corrected chi connectivity index (χ1v) is 9.07. The van der Waals surface area contributed by atoms with Gasteiger partial charge in [-0.25, -0.2) is 0 Å². The molecule has 2 N–H and O–H groups in total. The molecule has 0 radical (unpaired) electrons. The van der Waals surface area contributed by atoms with E-state index in [0.717, 1.165) is 47.7 Å². The van der Waals surface area contributed by atoms with Crippen LogP contribution in [0.1, 0.15) is 30.9 Å². The van der Waals surface area contributed by atoms with E-state index in [4.69, 9.17) is 0 Å². The summed E-state index contributed by atoms with van der Waals surface area (Å²) in [5.41, 5.74) is 3.93. The molecular formula is C21H22N4O. The second-order valence-corrected chi connectivity index (χ2v) is 7.19. The number of nitriles is 1. The van der Waals surface area contributed by atoms with E-state index in [2.05, 4.69) is 33.9 Å². The Morgan fingerprint density at radius 2 is 2.12 bits per heavy atom. The van der Waals surface area contributed by atoms with Gasteiger partial charge in [0.2, 0.25) is 0 Å². The second-order valence-electron chi connectivity index (χ2n) is 7.19. The zero-order valence-electron chi connectivity index (χ0n) is 14.9. The number of hydrogen-bond acceptors (Lipinski definition) is 4. The summed E-state index contributed by atoms with van der Waals surface area (Å²) in [6.07, 6.45) is 4.20. The monoisotopic (exact) mass is 346 g/mol. The summed E-state index contributed by atoms with van der Waals surface area (Å²) in [5, 5.41) is 20.6. The minimum absolute atomic E-state index is 0.0994. The number of nitrogens with zero attached hydrogens (tertiary/aromatic N) is 3. The maximum absolute atomic E-state index is 10.5. The number of aromatic nitrogens is 2. The van der Waals surface area contributed by atoms with Crippen molar-refractivity contribution in [3.05, 3.63) is 47.7 Å². The molecule has 5 nitrogen and oxygen atoms in total. The number of H-pyrrole nitrogens is 1. The van der Waals surface area contributed by atoms with Crippen LogP contribution >= 0.6 is 0 Å². The van der Waals surface area contributed by atoms with Crippen molar-refractivity contribution in [2.24, 2.45) is 5.92 Å². The van der Waals surface area contributed by atoms with Crippen molar-refractivity contribution in [1.82, 2.24) is 14.9 Å². The van der Waals surface area contributed by atoms with Crippen LogP contribution in [-0.2, 0) is 6.54 Å². The number of benzene rings is 1. The van der Waals surface area contributed by atoms with E-state index >= 15 is 0 Å². The first-order chi connectivity index (χ1) is 12.7. The molecule has 0 unspecified atom stereocenters. The van der Waals surface area contributed by atoms with Gasteiger partial charge < -0.3 is 10.1 Å². The summed E-state index contributed by atoms with van der Waals surface area (Å²) in [4.78, 5) is 10.0. The van der Waals surface area contributed by atoms with Crippen molar-refractivity contribution in [2.75, 3.05) is 13.1 Å². The lowest BCUT2D eigenvalue weighted by Gasteiger charge is -2.30. The lowest BCUT2D eigenvalue weighted by Crippen LogP contribution is -2.32. The summed E-state index contributed by atoms with van der Waals surface area (Å²) in [6.45, 7) is 5.31. The van der Waals surface area contributed by atoms with Crippen LogP contribution in [0.15, 0.2) is 36.5 Å². The number of aromatic hydroxyl groups is 1. The number of fused-ring (bicyclic) bond motifs is 1. The van der Waals surface area contributed by atoms with Gasteiger partial charge in [0.15, 0.2) is 5.88 Å². The van der Waals surface area contributed by atoms with Gasteiger partial charge in [-0.3, -0.25) is 9.88 Å². The fourth-order valence-corrected chi connectivity index (χ4v) is 3.74. The zero-order valence-corrected chi connectivity index (χ0v) is 14.9. The smallest absolute Gasteiger partial charge is 0.199 e. The van der Waals surface area contributed by atoms with Crippen molar-refractivity contribution in [2.45, 2.75) is 26.3 Å². The third-order valence-electron chi connectivity index (χ3n) is 5.31. The second kappa shape index (κ2) is 6.81. The summed E-state index contributed by atoms with van der Waals surface area (Å²) in [7, 11) is 0. The fraction of sp³-hybridized carbons (Fsp3) is 0.333. The van der Waals surface area contributed by atoms with Gasteiger partial charge in [-0.1, -0.05) is 13.0 Å². The first-order valence-electron chi connectivity index (χ1n) is 9.07. The summed E-state index contributed by atoms with van der Waals surface area (Å²) in [5.74, 6) is 0.893. The van der Waals surface area contributed by atoms with E-state index in [1.165, 1.54) is 12.8 Å². The van der Waals surface area contributed by atoms with Crippen LogP contribution < -0.4 is 0 Å². The Morgan fingerprint density at radius 1 is 1.31 bits per heavy atom. The lowest BCUT2D eigenvalue weighted by atomic mass is 9.98. The number of aromatic amines is 1. The Bertz CT molecular complexity index is 977. The quantitative estimate of drug-likeness (QED) is 0.750. The van der Waals surface area contributed by atoms with Crippen molar-refractivity contribution in [3.63, 3.8) is 0 Å². The third-order valence-corrected chi connectivity index (χ3v) is 5.31. The van der Waals surface area contributed by atoms with Crippen molar-refractivity contribution in [3.8, 4) is 23.2 Å². The molecular weight excluding hydrogens is 324 g/mol. The van der Waals surface area contributed by atoms with Gasteiger partial charge in [0, 0.05) is 23.6 Å². The van der Waals surface area contributed by atoms with Gasteiger partial charge in [-0.05, 0) is 61.7 Å². The highest BCUT2D eigenvalue weighted by Gasteiger charge is 2.21.